The fourth-order valence-electron chi connectivity index (χ4n) is 4.25. The van der Waals surface area contributed by atoms with Gasteiger partial charge in [-0.2, -0.15) is 4.31 Å². The molecule has 3 aromatic rings. The lowest BCUT2D eigenvalue weighted by Gasteiger charge is -2.22. The fourth-order valence-corrected chi connectivity index (χ4v) is 6.42. The van der Waals surface area contributed by atoms with Gasteiger partial charge in [0.1, 0.15) is 5.75 Å². The summed E-state index contributed by atoms with van der Waals surface area (Å²) in [5.41, 5.74) is 1.17. The molecule has 1 amide bonds. The molecule has 9 nitrogen and oxygen atoms in total. The summed E-state index contributed by atoms with van der Waals surface area (Å²) in [4.78, 5) is 22.2. The van der Waals surface area contributed by atoms with Crippen molar-refractivity contribution >= 4 is 42.6 Å². The predicted octanol–water partition coefficient (Wildman–Crippen LogP) is 3.70. The molecule has 1 atom stereocenters. The Morgan fingerprint density at radius 3 is 2.54 bits per heavy atom. The van der Waals surface area contributed by atoms with Gasteiger partial charge in [-0.3, -0.25) is 9.69 Å². The number of methoxy groups -OCH3 is 1. The van der Waals surface area contributed by atoms with Crippen molar-refractivity contribution in [3.05, 3.63) is 48.0 Å². The van der Waals surface area contributed by atoms with E-state index in [1.807, 2.05) is 32.3 Å². The van der Waals surface area contributed by atoms with E-state index in [9.17, 15) is 13.2 Å². The van der Waals surface area contributed by atoms with Gasteiger partial charge in [-0.1, -0.05) is 11.3 Å². The normalized spacial score (nSPS) is 16.1. The molecule has 0 aliphatic carbocycles. The highest BCUT2D eigenvalue weighted by molar-refractivity contribution is 7.89. The second-order valence-corrected chi connectivity index (χ2v) is 12.4. The highest BCUT2D eigenvalue weighted by Gasteiger charge is 2.27. The van der Waals surface area contributed by atoms with Gasteiger partial charge in [0.25, 0.3) is 5.91 Å². The number of hydrogen-bond acceptors (Lipinski definition) is 8. The minimum Gasteiger partial charge on any atom is -0.497 e. The molecule has 1 aliphatic heterocycles. The Kier molecular flexibility index (Phi) is 8.81. The van der Waals surface area contributed by atoms with Crippen molar-refractivity contribution in [1.82, 2.24) is 14.2 Å². The number of rotatable bonds is 11. The maximum Gasteiger partial charge on any atom is 0.260 e. The molecule has 11 heteroatoms. The summed E-state index contributed by atoms with van der Waals surface area (Å²) in [7, 11) is 3.46. The standard InChI is InChI=1S/C26H34N4O5S2/c1-28(2)14-6-15-30(26-27-23-17-20(34-4)10-13-24(23)36-26)25(31)19-8-11-22(12-9-19)37(32,33)29(3)18-21-7-5-16-35-21/h8-13,17,21H,5-7,14-16,18H2,1-4H3. The van der Waals surface area contributed by atoms with Crippen LogP contribution < -0.4 is 9.64 Å². The van der Waals surface area contributed by atoms with Crippen LogP contribution in [0.15, 0.2) is 47.4 Å². The molecule has 2 heterocycles. The third-order valence-electron chi connectivity index (χ3n) is 6.34. The Morgan fingerprint density at radius 2 is 1.89 bits per heavy atom. The molecular formula is C26H34N4O5S2. The van der Waals surface area contributed by atoms with Crippen molar-refractivity contribution < 1.29 is 22.7 Å². The summed E-state index contributed by atoms with van der Waals surface area (Å²) < 4.78 is 39.3. The molecule has 1 aromatic heterocycles. The van der Waals surface area contributed by atoms with Gasteiger partial charge in [-0.15, -0.1) is 0 Å². The smallest absolute Gasteiger partial charge is 0.260 e. The number of fused-ring (bicyclic) bond motifs is 1. The number of nitrogens with zero attached hydrogens (tertiary/aromatic N) is 4. The zero-order valence-electron chi connectivity index (χ0n) is 21.7. The number of ether oxygens (including phenoxy) is 2. The van der Waals surface area contributed by atoms with Crippen LogP contribution in [0.4, 0.5) is 5.13 Å². The number of thiazole rings is 1. The van der Waals surface area contributed by atoms with E-state index in [2.05, 4.69) is 4.90 Å². The highest BCUT2D eigenvalue weighted by Crippen LogP contribution is 2.32. The monoisotopic (exact) mass is 546 g/mol. The maximum absolute atomic E-state index is 13.6. The molecule has 1 aliphatic rings. The van der Waals surface area contributed by atoms with Crippen LogP contribution in [0.2, 0.25) is 0 Å². The summed E-state index contributed by atoms with van der Waals surface area (Å²) in [5.74, 6) is 0.484. The van der Waals surface area contributed by atoms with Gasteiger partial charge in [-0.25, -0.2) is 13.4 Å². The first-order valence-electron chi connectivity index (χ1n) is 12.3. The summed E-state index contributed by atoms with van der Waals surface area (Å²) in [5, 5.41) is 0.597. The average Bonchev–Trinajstić information content (AvgIpc) is 3.55. The van der Waals surface area contributed by atoms with Gasteiger partial charge < -0.3 is 14.4 Å². The molecule has 1 fully saturated rings. The SMILES string of the molecule is COc1ccc2sc(N(CCCN(C)C)C(=O)c3ccc(S(=O)(=O)N(C)CC4CCCO4)cc3)nc2c1. The Balaban J connectivity index is 1.56. The number of likely N-dealkylation sites (N-methyl/N-ethyl adjacent to an activating group) is 1. The Labute approximate surface area is 222 Å². The molecule has 4 rings (SSSR count). The van der Waals surface area contributed by atoms with Crippen molar-refractivity contribution in [3.8, 4) is 5.75 Å². The zero-order chi connectivity index (χ0) is 26.6. The zero-order valence-corrected chi connectivity index (χ0v) is 23.3. The van der Waals surface area contributed by atoms with Crippen molar-refractivity contribution in [3.63, 3.8) is 0 Å². The predicted molar refractivity (Wildman–Crippen MR) is 146 cm³/mol. The van der Waals surface area contributed by atoms with Crippen LogP contribution in [0.25, 0.3) is 10.2 Å². The number of amides is 1. The van der Waals surface area contributed by atoms with Crippen LogP contribution >= 0.6 is 11.3 Å². The largest absolute Gasteiger partial charge is 0.497 e. The minimum atomic E-state index is -3.69. The van der Waals surface area contributed by atoms with E-state index in [1.165, 1.54) is 27.8 Å². The summed E-state index contributed by atoms with van der Waals surface area (Å²) in [6.07, 6.45) is 2.49. The Bertz CT molecular complexity index is 1320. The van der Waals surface area contributed by atoms with E-state index in [0.29, 0.717) is 36.1 Å². The van der Waals surface area contributed by atoms with E-state index in [-0.39, 0.29) is 16.9 Å². The maximum atomic E-state index is 13.6. The lowest BCUT2D eigenvalue weighted by Crippen LogP contribution is -2.34. The van der Waals surface area contributed by atoms with E-state index in [4.69, 9.17) is 14.5 Å². The number of sulfonamides is 1. The van der Waals surface area contributed by atoms with Crippen molar-refractivity contribution in [2.45, 2.75) is 30.3 Å². The van der Waals surface area contributed by atoms with Gasteiger partial charge in [0.05, 0.1) is 28.3 Å². The van der Waals surface area contributed by atoms with Crippen molar-refractivity contribution in [2.75, 3.05) is 59.4 Å². The highest BCUT2D eigenvalue weighted by atomic mass is 32.2. The molecule has 1 unspecified atom stereocenters. The number of carbonyl (C=O) groups is 1. The molecule has 2 aromatic carbocycles. The summed E-state index contributed by atoms with van der Waals surface area (Å²) in [6, 6.07) is 11.8. The van der Waals surface area contributed by atoms with Crippen molar-refractivity contribution in [1.29, 1.82) is 0 Å². The van der Waals surface area contributed by atoms with E-state index >= 15 is 0 Å². The first-order valence-corrected chi connectivity index (χ1v) is 14.5. The van der Waals surface area contributed by atoms with Crippen LogP contribution in [0, 0.1) is 0 Å². The summed E-state index contributed by atoms with van der Waals surface area (Å²) in [6.45, 7) is 2.28. The van der Waals surface area contributed by atoms with Gasteiger partial charge in [0.15, 0.2) is 5.13 Å². The molecule has 0 bridgehead atoms. The molecule has 0 saturated carbocycles. The molecule has 1 saturated heterocycles. The molecular weight excluding hydrogens is 512 g/mol. The molecule has 0 spiro atoms. The van der Waals surface area contributed by atoms with Crippen molar-refractivity contribution in [2.24, 2.45) is 0 Å². The number of aromatic nitrogens is 1. The van der Waals surface area contributed by atoms with E-state index in [1.54, 1.807) is 31.2 Å². The number of benzene rings is 2. The second-order valence-electron chi connectivity index (χ2n) is 9.39. The number of carbonyl (C=O) groups excluding carboxylic acids is 1. The van der Waals surface area contributed by atoms with Gasteiger partial charge in [-0.05, 0) is 76.3 Å². The molecule has 0 radical (unpaired) electrons. The lowest BCUT2D eigenvalue weighted by molar-refractivity contribution is 0.0978. The van der Waals surface area contributed by atoms with Gasteiger partial charge >= 0.3 is 0 Å². The van der Waals surface area contributed by atoms with Crippen LogP contribution in [-0.4, -0.2) is 89.1 Å². The fraction of sp³-hybridized carbons (Fsp3) is 0.462. The van der Waals surface area contributed by atoms with Gasteiger partial charge in [0, 0.05) is 38.4 Å². The third kappa shape index (κ3) is 6.47. The molecule has 37 heavy (non-hydrogen) atoms. The Morgan fingerprint density at radius 1 is 1.14 bits per heavy atom. The first kappa shape index (κ1) is 27.5. The number of anilines is 1. The van der Waals surface area contributed by atoms with E-state index < -0.39 is 10.0 Å². The first-order chi connectivity index (χ1) is 17.7. The van der Waals surface area contributed by atoms with Crippen LogP contribution in [0.5, 0.6) is 5.75 Å². The Hall–Kier alpha value is -2.57. The second kappa shape index (κ2) is 11.9. The molecule has 200 valence electrons. The van der Waals surface area contributed by atoms with Crippen LogP contribution in [0.3, 0.4) is 0 Å². The number of hydrogen-bond donors (Lipinski definition) is 0. The van der Waals surface area contributed by atoms with Crippen LogP contribution in [-0.2, 0) is 14.8 Å². The minimum absolute atomic E-state index is 0.0786. The topological polar surface area (TPSA) is 92.3 Å². The van der Waals surface area contributed by atoms with E-state index in [0.717, 1.165) is 36.0 Å². The summed E-state index contributed by atoms with van der Waals surface area (Å²) >= 11 is 1.44. The van der Waals surface area contributed by atoms with Crippen LogP contribution in [0.1, 0.15) is 29.6 Å². The van der Waals surface area contributed by atoms with Gasteiger partial charge in [0.2, 0.25) is 10.0 Å². The lowest BCUT2D eigenvalue weighted by atomic mass is 10.2. The average molecular weight is 547 g/mol. The third-order valence-corrected chi connectivity index (χ3v) is 9.24. The molecule has 0 N–H and O–H groups in total. The quantitative estimate of drug-likeness (QED) is 0.362.